The number of hydrogen-bond acceptors (Lipinski definition) is 5. The smallest absolute Gasteiger partial charge is 0.251 e. The molecule has 6 nitrogen and oxygen atoms in total. The van der Waals surface area contributed by atoms with Crippen LogP contribution in [0, 0.1) is 0 Å². The maximum atomic E-state index is 12.3. The Morgan fingerprint density at radius 1 is 1.41 bits per heavy atom. The molecule has 0 aromatic carbocycles. The Hall–Kier alpha value is -2.34. The lowest BCUT2D eigenvalue weighted by Gasteiger charge is -2.23. The summed E-state index contributed by atoms with van der Waals surface area (Å²) in [5.74, 6) is -0.128. The predicted molar refractivity (Wildman–Crippen MR) is 81.2 cm³/mol. The summed E-state index contributed by atoms with van der Waals surface area (Å²) in [4.78, 5) is 24.5. The molecule has 0 radical (unpaired) electrons. The summed E-state index contributed by atoms with van der Waals surface area (Å²) in [7, 11) is 0. The van der Waals surface area contributed by atoms with E-state index in [-0.39, 0.29) is 11.5 Å². The second-order valence-electron chi connectivity index (χ2n) is 5.64. The van der Waals surface area contributed by atoms with Crippen molar-refractivity contribution in [1.29, 1.82) is 0 Å². The molecule has 1 atom stereocenters. The Balaban J connectivity index is 1.70. The van der Waals surface area contributed by atoms with Crippen molar-refractivity contribution in [3.05, 3.63) is 42.6 Å². The van der Waals surface area contributed by atoms with Gasteiger partial charge >= 0.3 is 0 Å². The van der Waals surface area contributed by atoms with Gasteiger partial charge in [-0.1, -0.05) is 0 Å². The number of amides is 1. The normalized spacial score (nSPS) is 20.8. The predicted octanol–water partition coefficient (Wildman–Crippen LogP) is 1.84. The monoisotopic (exact) mass is 298 g/mol. The first kappa shape index (κ1) is 14.6. The Kier molecular flexibility index (Phi) is 4.11. The highest BCUT2D eigenvalue weighted by Gasteiger charge is 2.30. The molecule has 0 unspecified atom stereocenters. The number of pyridine rings is 1. The summed E-state index contributed by atoms with van der Waals surface area (Å²) in [5, 5.41) is 2.94. The van der Waals surface area contributed by atoms with Gasteiger partial charge in [0.1, 0.15) is 6.33 Å². The van der Waals surface area contributed by atoms with Crippen LogP contribution in [0.5, 0.6) is 0 Å². The van der Waals surface area contributed by atoms with Crippen molar-refractivity contribution in [2.75, 3.05) is 13.2 Å². The maximum Gasteiger partial charge on any atom is 0.251 e. The number of rotatable bonds is 4. The number of nitrogens with zero attached hydrogens (tertiary/aromatic N) is 3. The zero-order valence-electron chi connectivity index (χ0n) is 12.5. The van der Waals surface area contributed by atoms with Crippen molar-refractivity contribution >= 4 is 5.91 Å². The fraction of sp³-hybridized carbons (Fsp3) is 0.375. The third kappa shape index (κ3) is 3.28. The number of nitrogens with one attached hydrogen (secondary N) is 1. The van der Waals surface area contributed by atoms with Gasteiger partial charge < -0.3 is 10.1 Å². The largest absolute Gasteiger partial charge is 0.373 e. The fourth-order valence-corrected chi connectivity index (χ4v) is 2.51. The Morgan fingerprint density at radius 3 is 2.95 bits per heavy atom. The minimum atomic E-state index is -0.251. The van der Waals surface area contributed by atoms with Crippen LogP contribution in [-0.2, 0) is 4.74 Å². The molecule has 1 saturated heterocycles. The highest BCUT2D eigenvalue weighted by molar-refractivity contribution is 5.95. The molecule has 1 aliphatic heterocycles. The van der Waals surface area contributed by atoms with Crippen LogP contribution in [0.25, 0.3) is 11.3 Å². The number of carbonyl (C=O) groups excluding carboxylic acids is 1. The average molecular weight is 298 g/mol. The first-order valence-corrected chi connectivity index (χ1v) is 7.30. The summed E-state index contributed by atoms with van der Waals surface area (Å²) >= 11 is 0. The van der Waals surface area contributed by atoms with Gasteiger partial charge in [-0.25, -0.2) is 9.97 Å². The van der Waals surface area contributed by atoms with E-state index >= 15 is 0 Å². The van der Waals surface area contributed by atoms with Crippen LogP contribution in [-0.4, -0.2) is 39.6 Å². The Labute approximate surface area is 129 Å². The zero-order chi connectivity index (χ0) is 15.4. The van der Waals surface area contributed by atoms with E-state index in [0.29, 0.717) is 17.8 Å². The van der Waals surface area contributed by atoms with Crippen molar-refractivity contribution in [2.45, 2.75) is 25.4 Å². The van der Waals surface area contributed by atoms with Crippen LogP contribution in [0.3, 0.4) is 0 Å². The van der Waals surface area contributed by atoms with Gasteiger partial charge in [-0.05, 0) is 31.9 Å². The molecule has 1 N–H and O–H groups in total. The van der Waals surface area contributed by atoms with E-state index in [1.165, 1.54) is 6.33 Å². The van der Waals surface area contributed by atoms with E-state index in [4.69, 9.17) is 4.74 Å². The fourth-order valence-electron chi connectivity index (χ4n) is 2.51. The molecule has 3 rings (SSSR count). The van der Waals surface area contributed by atoms with Crippen molar-refractivity contribution in [3.63, 3.8) is 0 Å². The second kappa shape index (κ2) is 6.19. The number of aromatic nitrogens is 3. The third-order valence-electron chi connectivity index (χ3n) is 3.80. The third-order valence-corrected chi connectivity index (χ3v) is 3.80. The molecule has 3 heterocycles. The van der Waals surface area contributed by atoms with Crippen LogP contribution in [0.1, 0.15) is 30.1 Å². The highest BCUT2D eigenvalue weighted by Crippen LogP contribution is 2.24. The molecule has 0 bridgehead atoms. The van der Waals surface area contributed by atoms with Gasteiger partial charge in [0, 0.05) is 42.9 Å². The van der Waals surface area contributed by atoms with Gasteiger partial charge in [0.05, 0.1) is 11.3 Å². The molecule has 2 aromatic rings. The van der Waals surface area contributed by atoms with Crippen molar-refractivity contribution in [1.82, 2.24) is 20.3 Å². The van der Waals surface area contributed by atoms with Crippen LogP contribution in [0.2, 0.25) is 0 Å². The molecule has 1 aliphatic rings. The molecule has 0 aliphatic carbocycles. The molecular weight excluding hydrogens is 280 g/mol. The minimum Gasteiger partial charge on any atom is -0.373 e. The van der Waals surface area contributed by atoms with E-state index in [9.17, 15) is 4.79 Å². The van der Waals surface area contributed by atoms with E-state index in [1.54, 1.807) is 30.7 Å². The molecule has 0 spiro atoms. The quantitative estimate of drug-likeness (QED) is 0.932. The summed E-state index contributed by atoms with van der Waals surface area (Å²) in [6, 6.07) is 3.44. The van der Waals surface area contributed by atoms with E-state index in [2.05, 4.69) is 20.3 Å². The maximum absolute atomic E-state index is 12.3. The first-order valence-electron chi connectivity index (χ1n) is 7.30. The van der Waals surface area contributed by atoms with Crippen LogP contribution >= 0.6 is 0 Å². The lowest BCUT2D eigenvalue weighted by atomic mass is 10.0. The lowest BCUT2D eigenvalue weighted by molar-refractivity contribution is 0.0206. The molecule has 2 aromatic heterocycles. The Bertz CT molecular complexity index is 654. The van der Waals surface area contributed by atoms with E-state index < -0.39 is 0 Å². The van der Waals surface area contributed by atoms with Gasteiger partial charge in [-0.2, -0.15) is 0 Å². The number of hydrogen-bond donors (Lipinski definition) is 1. The van der Waals surface area contributed by atoms with Gasteiger partial charge in [0.15, 0.2) is 0 Å². The van der Waals surface area contributed by atoms with Crippen molar-refractivity contribution in [3.8, 4) is 11.3 Å². The Morgan fingerprint density at radius 2 is 2.23 bits per heavy atom. The summed E-state index contributed by atoms with van der Waals surface area (Å²) < 4.78 is 5.68. The van der Waals surface area contributed by atoms with Gasteiger partial charge in [0.25, 0.3) is 5.91 Å². The van der Waals surface area contributed by atoms with Crippen LogP contribution in [0.4, 0.5) is 0 Å². The van der Waals surface area contributed by atoms with E-state index in [0.717, 1.165) is 25.0 Å². The molecule has 22 heavy (non-hydrogen) atoms. The topological polar surface area (TPSA) is 77.0 Å². The standard InChI is InChI=1S/C16H18N4O2/c1-16(4-2-6-22-16)10-20-15(21)12-3-5-19-14(7-12)13-8-17-11-18-9-13/h3,5,7-9,11H,2,4,6,10H2,1H3,(H,20,21)/t16-/m1/s1. The first-order chi connectivity index (χ1) is 10.7. The van der Waals surface area contributed by atoms with Crippen molar-refractivity contribution < 1.29 is 9.53 Å². The highest BCUT2D eigenvalue weighted by atomic mass is 16.5. The zero-order valence-corrected chi connectivity index (χ0v) is 12.5. The SMILES string of the molecule is C[C@]1(CNC(=O)c2ccnc(-c3cncnc3)c2)CCCO1. The van der Waals surface area contributed by atoms with Gasteiger partial charge in [0.2, 0.25) is 0 Å². The second-order valence-corrected chi connectivity index (χ2v) is 5.64. The van der Waals surface area contributed by atoms with Gasteiger partial charge in [-0.15, -0.1) is 0 Å². The average Bonchev–Trinajstić information content (AvgIpc) is 3.01. The molecule has 6 heteroatoms. The van der Waals surface area contributed by atoms with Gasteiger partial charge in [-0.3, -0.25) is 9.78 Å². The molecule has 114 valence electrons. The van der Waals surface area contributed by atoms with Crippen LogP contribution < -0.4 is 5.32 Å². The molecule has 0 saturated carbocycles. The van der Waals surface area contributed by atoms with Crippen molar-refractivity contribution in [2.24, 2.45) is 0 Å². The van der Waals surface area contributed by atoms with E-state index in [1.807, 2.05) is 6.92 Å². The number of carbonyl (C=O) groups is 1. The lowest BCUT2D eigenvalue weighted by Crippen LogP contribution is -2.40. The van der Waals surface area contributed by atoms with Crippen LogP contribution in [0.15, 0.2) is 37.1 Å². The minimum absolute atomic E-state index is 0.128. The summed E-state index contributed by atoms with van der Waals surface area (Å²) in [6.45, 7) is 3.30. The summed E-state index contributed by atoms with van der Waals surface area (Å²) in [5.41, 5.74) is 1.77. The summed E-state index contributed by atoms with van der Waals surface area (Å²) in [6.07, 6.45) is 8.43. The number of ether oxygens (including phenoxy) is 1. The molecule has 1 amide bonds. The molecular formula is C16H18N4O2. The molecule has 1 fully saturated rings.